The summed E-state index contributed by atoms with van der Waals surface area (Å²) in [7, 11) is 0. The van der Waals surface area contributed by atoms with Crippen LogP contribution < -0.4 is 5.56 Å². The average molecular weight is 245 g/mol. The molecule has 2 aromatic rings. The summed E-state index contributed by atoms with van der Waals surface area (Å²) in [5, 5.41) is 19.2. The van der Waals surface area contributed by atoms with Gasteiger partial charge in [-0.2, -0.15) is 0 Å². The van der Waals surface area contributed by atoms with Gasteiger partial charge in [-0.25, -0.2) is 4.79 Å². The van der Waals surface area contributed by atoms with Crippen LogP contribution in [0.2, 0.25) is 0 Å². The number of hydrogen-bond donors (Lipinski definition) is 2. The molecule has 0 radical (unpaired) electrons. The van der Waals surface area contributed by atoms with E-state index in [-0.39, 0.29) is 6.54 Å². The number of benzene rings is 1. The van der Waals surface area contributed by atoms with Crippen LogP contribution in [0.1, 0.15) is 10.4 Å². The van der Waals surface area contributed by atoms with Gasteiger partial charge in [0.15, 0.2) is 5.56 Å². The third-order valence-corrected chi connectivity index (χ3v) is 2.67. The number of para-hydroxylation sites is 1. The molecule has 0 amide bonds. The van der Waals surface area contributed by atoms with E-state index in [1.807, 2.05) is 0 Å². The molecular weight excluding hydrogens is 234 g/mol. The zero-order chi connectivity index (χ0) is 13.3. The molecule has 1 aromatic heterocycles. The molecule has 5 nitrogen and oxygen atoms in total. The largest absolute Gasteiger partial charge is 0.506 e. The number of rotatable bonds is 3. The number of carboxylic acid groups (broad SMARTS) is 1. The summed E-state index contributed by atoms with van der Waals surface area (Å²) in [6.07, 6.45) is 1.50. The van der Waals surface area contributed by atoms with E-state index in [9.17, 15) is 14.7 Å². The summed E-state index contributed by atoms with van der Waals surface area (Å²) in [6, 6.07) is 6.58. The van der Waals surface area contributed by atoms with E-state index < -0.39 is 22.8 Å². The smallest absolute Gasteiger partial charge is 0.345 e. The van der Waals surface area contributed by atoms with Crippen molar-refractivity contribution in [3.63, 3.8) is 0 Å². The lowest BCUT2D eigenvalue weighted by Gasteiger charge is -2.11. The first-order chi connectivity index (χ1) is 8.57. The number of hydrogen-bond acceptors (Lipinski definition) is 3. The van der Waals surface area contributed by atoms with Crippen molar-refractivity contribution in [3.8, 4) is 5.75 Å². The Labute approximate surface area is 102 Å². The van der Waals surface area contributed by atoms with Crippen molar-refractivity contribution in [2.75, 3.05) is 0 Å². The molecule has 2 rings (SSSR count). The topological polar surface area (TPSA) is 79.5 Å². The van der Waals surface area contributed by atoms with Crippen LogP contribution >= 0.6 is 0 Å². The van der Waals surface area contributed by atoms with E-state index in [0.717, 1.165) is 0 Å². The molecule has 0 saturated heterocycles. The van der Waals surface area contributed by atoms with Gasteiger partial charge in [0, 0.05) is 11.9 Å². The quantitative estimate of drug-likeness (QED) is 0.805. The number of aromatic carboxylic acids is 1. The molecule has 0 bridgehead atoms. The maximum Gasteiger partial charge on any atom is 0.345 e. The number of nitrogens with zero attached hydrogens (tertiary/aromatic N) is 1. The Kier molecular flexibility index (Phi) is 2.89. The first-order valence-electron chi connectivity index (χ1n) is 5.26. The predicted molar refractivity (Wildman–Crippen MR) is 67.0 cm³/mol. The molecule has 0 aliphatic heterocycles. The van der Waals surface area contributed by atoms with Gasteiger partial charge in [-0.1, -0.05) is 18.2 Å². The SMILES string of the molecule is C=CCn1c(=O)c(C(=O)O)c(O)c2ccccc21. The Morgan fingerprint density at radius 3 is 2.67 bits per heavy atom. The normalized spacial score (nSPS) is 10.4. The van der Waals surface area contributed by atoms with Crippen LogP contribution in [0.4, 0.5) is 0 Å². The van der Waals surface area contributed by atoms with E-state index in [0.29, 0.717) is 10.9 Å². The fraction of sp³-hybridized carbons (Fsp3) is 0.0769. The van der Waals surface area contributed by atoms with Crippen LogP contribution in [0.15, 0.2) is 41.7 Å². The van der Waals surface area contributed by atoms with E-state index >= 15 is 0 Å². The first-order valence-corrected chi connectivity index (χ1v) is 5.26. The van der Waals surface area contributed by atoms with E-state index in [4.69, 9.17) is 5.11 Å². The van der Waals surface area contributed by atoms with E-state index in [1.54, 1.807) is 24.3 Å². The third kappa shape index (κ3) is 1.66. The number of aromatic hydroxyl groups is 1. The highest BCUT2D eigenvalue weighted by atomic mass is 16.4. The van der Waals surface area contributed by atoms with Gasteiger partial charge < -0.3 is 14.8 Å². The number of allylic oxidation sites excluding steroid dienone is 1. The molecule has 0 spiro atoms. The predicted octanol–water partition coefficient (Wildman–Crippen LogP) is 1.59. The molecule has 0 saturated carbocycles. The van der Waals surface area contributed by atoms with Gasteiger partial charge in [0.25, 0.3) is 5.56 Å². The molecule has 0 aliphatic carbocycles. The van der Waals surface area contributed by atoms with Gasteiger partial charge in [0.05, 0.1) is 5.52 Å². The standard InChI is InChI=1S/C13H11NO4/c1-2-7-14-9-6-4-3-5-8(9)11(15)10(12(14)16)13(17)18/h2-6,15H,1,7H2,(H,17,18). The Bertz CT molecular complexity index is 700. The summed E-state index contributed by atoms with van der Waals surface area (Å²) in [6.45, 7) is 3.71. The van der Waals surface area contributed by atoms with Crippen LogP contribution in [0.5, 0.6) is 5.75 Å². The minimum absolute atomic E-state index is 0.180. The second-order valence-corrected chi connectivity index (χ2v) is 3.75. The Morgan fingerprint density at radius 2 is 2.06 bits per heavy atom. The summed E-state index contributed by atoms with van der Waals surface area (Å²) in [5.74, 6) is -1.94. The molecule has 0 unspecified atom stereocenters. The molecular formula is C13H11NO4. The lowest BCUT2D eigenvalue weighted by molar-refractivity contribution is 0.0691. The Hall–Kier alpha value is -2.56. The number of fused-ring (bicyclic) bond motifs is 1. The van der Waals surface area contributed by atoms with Gasteiger partial charge in [0.1, 0.15) is 5.75 Å². The van der Waals surface area contributed by atoms with Crippen molar-refractivity contribution in [1.29, 1.82) is 0 Å². The summed E-state index contributed by atoms with van der Waals surface area (Å²) < 4.78 is 1.27. The lowest BCUT2D eigenvalue weighted by Crippen LogP contribution is -2.26. The van der Waals surface area contributed by atoms with Gasteiger partial charge >= 0.3 is 5.97 Å². The monoisotopic (exact) mass is 245 g/mol. The molecule has 1 aromatic carbocycles. The van der Waals surface area contributed by atoms with E-state index in [2.05, 4.69) is 6.58 Å². The molecule has 0 fully saturated rings. The molecule has 5 heteroatoms. The van der Waals surface area contributed by atoms with Crippen LogP contribution in [-0.4, -0.2) is 20.7 Å². The average Bonchev–Trinajstić information content (AvgIpc) is 2.34. The number of carboxylic acids is 1. The number of carbonyl (C=O) groups is 1. The molecule has 1 heterocycles. The number of aromatic nitrogens is 1. The number of pyridine rings is 1. The maximum atomic E-state index is 12.0. The minimum atomic E-state index is -1.44. The van der Waals surface area contributed by atoms with Crippen LogP contribution in [-0.2, 0) is 6.54 Å². The minimum Gasteiger partial charge on any atom is -0.506 e. The maximum absolute atomic E-state index is 12.0. The van der Waals surface area contributed by atoms with Crippen LogP contribution in [0.3, 0.4) is 0 Å². The summed E-state index contributed by atoms with van der Waals surface area (Å²) >= 11 is 0. The van der Waals surface area contributed by atoms with Crippen molar-refractivity contribution in [1.82, 2.24) is 4.57 Å². The van der Waals surface area contributed by atoms with Crippen molar-refractivity contribution >= 4 is 16.9 Å². The Balaban J connectivity index is 3.01. The van der Waals surface area contributed by atoms with Gasteiger partial charge in [0.2, 0.25) is 0 Å². The molecule has 0 atom stereocenters. The second kappa shape index (κ2) is 4.37. The van der Waals surface area contributed by atoms with E-state index in [1.165, 1.54) is 10.6 Å². The fourth-order valence-electron chi connectivity index (χ4n) is 1.89. The Morgan fingerprint density at radius 1 is 1.39 bits per heavy atom. The van der Waals surface area contributed by atoms with Gasteiger partial charge in [-0.05, 0) is 12.1 Å². The van der Waals surface area contributed by atoms with Gasteiger partial charge in [-0.3, -0.25) is 4.79 Å². The van der Waals surface area contributed by atoms with Crippen LogP contribution in [0.25, 0.3) is 10.9 Å². The van der Waals surface area contributed by atoms with Crippen molar-refractivity contribution in [2.45, 2.75) is 6.54 Å². The summed E-state index contributed by atoms with van der Waals surface area (Å²) in [4.78, 5) is 23.1. The molecule has 18 heavy (non-hydrogen) atoms. The third-order valence-electron chi connectivity index (χ3n) is 2.67. The van der Waals surface area contributed by atoms with Crippen molar-refractivity contribution in [3.05, 3.63) is 52.8 Å². The summed E-state index contributed by atoms with van der Waals surface area (Å²) in [5.41, 5.74) is -0.876. The second-order valence-electron chi connectivity index (χ2n) is 3.75. The molecule has 0 aliphatic rings. The zero-order valence-corrected chi connectivity index (χ0v) is 9.46. The molecule has 92 valence electrons. The van der Waals surface area contributed by atoms with Crippen molar-refractivity contribution < 1.29 is 15.0 Å². The first kappa shape index (κ1) is 11.9. The van der Waals surface area contributed by atoms with Crippen molar-refractivity contribution in [2.24, 2.45) is 0 Å². The van der Waals surface area contributed by atoms with Crippen LogP contribution in [0, 0.1) is 0 Å². The highest BCUT2D eigenvalue weighted by Crippen LogP contribution is 2.25. The highest BCUT2D eigenvalue weighted by Gasteiger charge is 2.20. The lowest BCUT2D eigenvalue weighted by atomic mass is 10.1. The van der Waals surface area contributed by atoms with Gasteiger partial charge in [-0.15, -0.1) is 6.58 Å². The molecule has 2 N–H and O–H groups in total. The zero-order valence-electron chi connectivity index (χ0n) is 9.46. The highest BCUT2D eigenvalue weighted by molar-refractivity contribution is 5.98. The fourth-order valence-corrected chi connectivity index (χ4v) is 1.89.